The predicted molar refractivity (Wildman–Crippen MR) is 97.9 cm³/mol. The standard InChI is InChI=1S/C20H24N4O2/c1-26-18-6-3-15(4-7-18)11-23-12-16-2-5-17(14-23)24(13-16)20(25)19-10-21-8-9-22-19/h3-4,6-10,16-17H,2,5,11-14H2,1H3/t16-,17+/m0/s1. The fourth-order valence-corrected chi connectivity index (χ4v) is 4.10. The number of methoxy groups -OCH3 is 1. The van der Waals surface area contributed by atoms with E-state index in [1.807, 2.05) is 17.0 Å². The van der Waals surface area contributed by atoms with Gasteiger partial charge in [0.2, 0.25) is 0 Å². The third-order valence-corrected chi connectivity index (χ3v) is 5.40. The van der Waals surface area contributed by atoms with Crippen molar-refractivity contribution in [3.8, 4) is 5.75 Å². The maximum absolute atomic E-state index is 12.9. The lowest BCUT2D eigenvalue weighted by Gasteiger charge is -2.36. The van der Waals surface area contributed by atoms with Crippen molar-refractivity contribution in [2.24, 2.45) is 5.92 Å². The molecular formula is C20H24N4O2. The van der Waals surface area contributed by atoms with Gasteiger partial charge in [-0.2, -0.15) is 0 Å². The average Bonchev–Trinajstić information content (AvgIpc) is 2.99. The van der Waals surface area contributed by atoms with Crippen molar-refractivity contribution < 1.29 is 9.53 Å². The summed E-state index contributed by atoms with van der Waals surface area (Å²) in [6.07, 6.45) is 7.00. The number of aromatic nitrogens is 2. The first-order chi connectivity index (χ1) is 12.7. The number of amides is 1. The van der Waals surface area contributed by atoms with Crippen molar-refractivity contribution >= 4 is 5.91 Å². The van der Waals surface area contributed by atoms with Gasteiger partial charge in [0.05, 0.1) is 13.3 Å². The van der Waals surface area contributed by atoms with E-state index in [0.29, 0.717) is 11.6 Å². The van der Waals surface area contributed by atoms with E-state index in [0.717, 1.165) is 38.3 Å². The molecule has 3 aliphatic heterocycles. The Kier molecular flexibility index (Phi) is 4.84. The SMILES string of the molecule is COc1ccc(CN2C[C@@H]3CC[C@H](C2)N(C(=O)c2cnccn2)C3)cc1. The summed E-state index contributed by atoms with van der Waals surface area (Å²) >= 11 is 0. The summed E-state index contributed by atoms with van der Waals surface area (Å²) in [5, 5.41) is 0. The summed E-state index contributed by atoms with van der Waals surface area (Å²) in [4.78, 5) is 25.6. The second-order valence-corrected chi connectivity index (χ2v) is 7.19. The van der Waals surface area contributed by atoms with Crippen LogP contribution < -0.4 is 4.74 Å². The van der Waals surface area contributed by atoms with E-state index < -0.39 is 0 Å². The van der Waals surface area contributed by atoms with E-state index >= 15 is 0 Å². The Morgan fingerprint density at radius 1 is 1.15 bits per heavy atom. The molecule has 136 valence electrons. The zero-order valence-corrected chi connectivity index (χ0v) is 15.0. The molecule has 26 heavy (non-hydrogen) atoms. The molecule has 1 aromatic carbocycles. The van der Waals surface area contributed by atoms with Gasteiger partial charge in [0.25, 0.3) is 5.91 Å². The van der Waals surface area contributed by atoms with E-state index in [1.165, 1.54) is 12.0 Å². The number of carbonyl (C=O) groups excluding carboxylic acids is 1. The molecule has 6 heteroatoms. The second-order valence-electron chi connectivity index (χ2n) is 7.19. The molecule has 6 nitrogen and oxygen atoms in total. The van der Waals surface area contributed by atoms with Gasteiger partial charge in [-0.05, 0) is 36.5 Å². The molecule has 3 aliphatic rings. The Morgan fingerprint density at radius 3 is 2.73 bits per heavy atom. The number of hydrogen-bond donors (Lipinski definition) is 0. The summed E-state index contributed by atoms with van der Waals surface area (Å²) in [7, 11) is 1.68. The topological polar surface area (TPSA) is 58.6 Å². The number of benzene rings is 1. The molecule has 0 saturated carbocycles. The number of fused-ring (bicyclic) bond motifs is 4. The van der Waals surface area contributed by atoms with Crippen LogP contribution in [0.1, 0.15) is 28.9 Å². The summed E-state index contributed by atoms with van der Waals surface area (Å²) in [5.41, 5.74) is 1.72. The second kappa shape index (κ2) is 7.41. The van der Waals surface area contributed by atoms with Gasteiger partial charge in [0.1, 0.15) is 11.4 Å². The van der Waals surface area contributed by atoms with E-state index in [4.69, 9.17) is 4.74 Å². The normalized spacial score (nSPS) is 22.9. The molecule has 0 unspecified atom stereocenters. The van der Waals surface area contributed by atoms with Crippen LogP contribution in [0.5, 0.6) is 5.75 Å². The van der Waals surface area contributed by atoms with E-state index in [2.05, 4.69) is 27.0 Å². The fourth-order valence-electron chi connectivity index (χ4n) is 4.10. The molecule has 2 atom stereocenters. The summed E-state index contributed by atoms with van der Waals surface area (Å²) in [5.74, 6) is 1.41. The molecule has 0 N–H and O–H groups in total. The van der Waals surface area contributed by atoms with Crippen molar-refractivity contribution in [1.82, 2.24) is 19.8 Å². The van der Waals surface area contributed by atoms with Crippen molar-refractivity contribution in [2.75, 3.05) is 26.7 Å². The molecule has 2 aromatic rings. The van der Waals surface area contributed by atoms with Crippen molar-refractivity contribution in [3.63, 3.8) is 0 Å². The van der Waals surface area contributed by atoms with Gasteiger partial charge in [0.15, 0.2) is 0 Å². The predicted octanol–water partition coefficient (Wildman–Crippen LogP) is 2.22. The fraction of sp³-hybridized carbons (Fsp3) is 0.450. The van der Waals surface area contributed by atoms with Gasteiger partial charge in [-0.15, -0.1) is 0 Å². The van der Waals surface area contributed by atoms with Crippen LogP contribution >= 0.6 is 0 Å². The third kappa shape index (κ3) is 3.55. The summed E-state index contributed by atoms with van der Waals surface area (Å²) in [6.45, 7) is 3.67. The Balaban J connectivity index is 1.46. The Bertz CT molecular complexity index is 750. The largest absolute Gasteiger partial charge is 0.497 e. The zero-order chi connectivity index (χ0) is 17.9. The van der Waals surface area contributed by atoms with Gasteiger partial charge < -0.3 is 9.64 Å². The van der Waals surface area contributed by atoms with E-state index in [1.54, 1.807) is 25.7 Å². The molecule has 0 aliphatic carbocycles. The minimum absolute atomic E-state index is 0.0131. The molecule has 1 amide bonds. The highest BCUT2D eigenvalue weighted by Gasteiger charge is 2.37. The first-order valence-electron chi connectivity index (χ1n) is 9.15. The number of piperidine rings is 1. The van der Waals surface area contributed by atoms with E-state index in [9.17, 15) is 4.79 Å². The van der Waals surface area contributed by atoms with Gasteiger partial charge in [-0.1, -0.05) is 12.1 Å². The van der Waals surface area contributed by atoms with Crippen LogP contribution in [0.25, 0.3) is 0 Å². The van der Waals surface area contributed by atoms with Crippen molar-refractivity contribution in [3.05, 3.63) is 54.1 Å². The molecule has 1 aromatic heterocycles. The smallest absolute Gasteiger partial charge is 0.274 e. The molecule has 2 bridgehead atoms. The Morgan fingerprint density at radius 2 is 2.00 bits per heavy atom. The molecule has 0 radical (unpaired) electrons. The molecule has 0 spiro atoms. The molecule has 3 saturated heterocycles. The Labute approximate surface area is 153 Å². The van der Waals surface area contributed by atoms with Crippen LogP contribution in [0.3, 0.4) is 0 Å². The lowest BCUT2D eigenvalue weighted by molar-refractivity contribution is 0.0578. The highest BCUT2D eigenvalue weighted by molar-refractivity contribution is 5.92. The van der Waals surface area contributed by atoms with Crippen LogP contribution in [0.2, 0.25) is 0 Å². The zero-order valence-electron chi connectivity index (χ0n) is 15.0. The number of hydrogen-bond acceptors (Lipinski definition) is 5. The lowest BCUT2D eigenvalue weighted by Crippen LogP contribution is -2.47. The highest BCUT2D eigenvalue weighted by atomic mass is 16.5. The van der Waals surface area contributed by atoms with Crippen LogP contribution in [0, 0.1) is 5.92 Å². The quantitative estimate of drug-likeness (QED) is 0.844. The molecule has 5 rings (SSSR count). The maximum Gasteiger partial charge on any atom is 0.274 e. The van der Waals surface area contributed by atoms with Crippen LogP contribution in [0.15, 0.2) is 42.9 Å². The number of nitrogens with zero attached hydrogens (tertiary/aromatic N) is 4. The van der Waals surface area contributed by atoms with Crippen LogP contribution in [-0.2, 0) is 6.54 Å². The number of carbonyl (C=O) groups is 1. The first kappa shape index (κ1) is 17.0. The summed E-state index contributed by atoms with van der Waals surface area (Å²) < 4.78 is 5.24. The number of ether oxygens (including phenoxy) is 1. The van der Waals surface area contributed by atoms with E-state index in [-0.39, 0.29) is 11.9 Å². The summed E-state index contributed by atoms with van der Waals surface area (Å²) in [6, 6.07) is 8.50. The van der Waals surface area contributed by atoms with Gasteiger partial charge in [-0.3, -0.25) is 14.7 Å². The minimum Gasteiger partial charge on any atom is -0.497 e. The van der Waals surface area contributed by atoms with Crippen molar-refractivity contribution in [2.45, 2.75) is 25.4 Å². The monoisotopic (exact) mass is 352 g/mol. The van der Waals surface area contributed by atoms with Gasteiger partial charge in [-0.25, -0.2) is 4.98 Å². The maximum atomic E-state index is 12.9. The van der Waals surface area contributed by atoms with Crippen LogP contribution in [0.4, 0.5) is 0 Å². The molecular weight excluding hydrogens is 328 g/mol. The minimum atomic E-state index is 0.0131. The van der Waals surface area contributed by atoms with Crippen LogP contribution in [-0.4, -0.2) is 58.5 Å². The van der Waals surface area contributed by atoms with Gasteiger partial charge >= 0.3 is 0 Å². The molecule has 4 heterocycles. The highest BCUT2D eigenvalue weighted by Crippen LogP contribution is 2.29. The number of rotatable bonds is 4. The third-order valence-electron chi connectivity index (χ3n) is 5.40. The average molecular weight is 352 g/mol. The molecule has 3 fully saturated rings. The van der Waals surface area contributed by atoms with Crippen molar-refractivity contribution in [1.29, 1.82) is 0 Å². The lowest BCUT2D eigenvalue weighted by atomic mass is 9.95. The van der Waals surface area contributed by atoms with Gasteiger partial charge in [0, 0.05) is 44.6 Å². The Hall–Kier alpha value is -2.47. The first-order valence-corrected chi connectivity index (χ1v) is 9.15.